The molecule has 1 unspecified atom stereocenters. The standard InChI is InChI=1S/C8H18O6S2.H2O/c1-8(2,6-14-16(4,11)12)7(9)5-13-15(3)10;/h7,9H,5-6H2,1-4H3;1H2/t7-,15?;/m1./s1. The van der Waals surface area contributed by atoms with E-state index in [2.05, 4.69) is 4.18 Å². The maximum Gasteiger partial charge on any atom is 0.264 e. The van der Waals surface area contributed by atoms with Crippen molar-refractivity contribution in [2.45, 2.75) is 20.0 Å². The van der Waals surface area contributed by atoms with Gasteiger partial charge in [0.05, 0.1) is 25.6 Å². The van der Waals surface area contributed by atoms with E-state index in [1.165, 1.54) is 6.26 Å². The Kier molecular flexibility index (Phi) is 8.38. The van der Waals surface area contributed by atoms with Gasteiger partial charge in [-0.05, 0) is 0 Å². The fraction of sp³-hybridized carbons (Fsp3) is 1.00. The van der Waals surface area contributed by atoms with Gasteiger partial charge in [-0.25, -0.2) is 4.21 Å². The van der Waals surface area contributed by atoms with E-state index in [0.717, 1.165) is 6.26 Å². The summed E-state index contributed by atoms with van der Waals surface area (Å²) in [6.07, 6.45) is 1.32. The second-order valence-corrected chi connectivity index (χ2v) is 6.84. The summed E-state index contributed by atoms with van der Waals surface area (Å²) in [4.78, 5) is 0. The molecule has 0 saturated carbocycles. The minimum atomic E-state index is -3.53. The molecule has 0 aliphatic carbocycles. The summed E-state index contributed by atoms with van der Waals surface area (Å²) in [6, 6.07) is 0. The van der Waals surface area contributed by atoms with Gasteiger partial charge in [0, 0.05) is 11.7 Å². The van der Waals surface area contributed by atoms with Gasteiger partial charge in [0.1, 0.15) is 0 Å². The Morgan fingerprint density at radius 1 is 1.41 bits per heavy atom. The Morgan fingerprint density at radius 3 is 2.24 bits per heavy atom. The van der Waals surface area contributed by atoms with Crippen LogP contribution in [0, 0.1) is 5.41 Å². The molecule has 106 valence electrons. The Hall–Kier alpha value is -0.0600. The van der Waals surface area contributed by atoms with Gasteiger partial charge in [-0.15, -0.1) is 0 Å². The van der Waals surface area contributed by atoms with Crippen LogP contribution in [0.1, 0.15) is 13.8 Å². The van der Waals surface area contributed by atoms with Gasteiger partial charge < -0.3 is 10.6 Å². The van der Waals surface area contributed by atoms with Crippen molar-refractivity contribution in [2.75, 3.05) is 25.7 Å². The molecule has 0 bridgehead atoms. The molecule has 0 radical (unpaired) electrons. The van der Waals surface area contributed by atoms with Gasteiger partial charge in [-0.1, -0.05) is 13.8 Å². The normalized spacial score (nSPS) is 16.1. The predicted molar refractivity (Wildman–Crippen MR) is 64.2 cm³/mol. The Labute approximate surface area is 104 Å². The smallest absolute Gasteiger partial charge is 0.264 e. The molecule has 2 atom stereocenters. The Bertz CT molecular complexity index is 336. The zero-order valence-corrected chi connectivity index (χ0v) is 11.9. The highest BCUT2D eigenvalue weighted by Gasteiger charge is 2.30. The summed E-state index contributed by atoms with van der Waals surface area (Å²) < 4.78 is 41.6. The highest BCUT2D eigenvalue weighted by atomic mass is 32.2. The van der Waals surface area contributed by atoms with E-state index >= 15 is 0 Å². The number of aliphatic hydroxyl groups is 1. The second-order valence-electron chi connectivity index (χ2n) is 4.16. The van der Waals surface area contributed by atoms with Crippen LogP contribution in [-0.2, 0) is 29.6 Å². The first-order valence-corrected chi connectivity index (χ1v) is 7.84. The lowest BCUT2D eigenvalue weighted by Crippen LogP contribution is -2.38. The average Bonchev–Trinajstić information content (AvgIpc) is 2.10. The van der Waals surface area contributed by atoms with E-state index in [0.29, 0.717) is 0 Å². The maximum absolute atomic E-state index is 10.8. The van der Waals surface area contributed by atoms with E-state index in [1.807, 2.05) is 0 Å². The number of aliphatic hydroxyl groups excluding tert-OH is 1. The zero-order valence-electron chi connectivity index (χ0n) is 10.3. The van der Waals surface area contributed by atoms with Gasteiger partial charge >= 0.3 is 0 Å². The summed E-state index contributed by atoms with van der Waals surface area (Å²) in [5, 5.41) is 9.69. The fourth-order valence-electron chi connectivity index (χ4n) is 0.741. The molecule has 7 nitrogen and oxygen atoms in total. The van der Waals surface area contributed by atoms with Crippen molar-refractivity contribution in [3.8, 4) is 0 Å². The molecule has 0 fully saturated rings. The summed E-state index contributed by atoms with van der Waals surface area (Å²) in [7, 11) is -3.53. The third-order valence-electron chi connectivity index (χ3n) is 1.94. The molecule has 3 N–H and O–H groups in total. The van der Waals surface area contributed by atoms with Crippen molar-refractivity contribution < 1.29 is 31.6 Å². The molecule has 0 heterocycles. The first kappa shape index (κ1) is 19.3. The van der Waals surface area contributed by atoms with Gasteiger partial charge in [-0.2, -0.15) is 8.42 Å². The molecule has 0 aliphatic rings. The molecule has 0 aliphatic heterocycles. The van der Waals surface area contributed by atoms with Crippen LogP contribution in [0.3, 0.4) is 0 Å². The molecule has 0 rings (SSSR count). The van der Waals surface area contributed by atoms with E-state index in [4.69, 9.17) is 4.18 Å². The summed E-state index contributed by atoms with van der Waals surface area (Å²) in [5.74, 6) is 0. The minimum Gasteiger partial charge on any atom is -0.412 e. The van der Waals surface area contributed by atoms with Crippen LogP contribution in [0.25, 0.3) is 0 Å². The number of rotatable bonds is 7. The van der Waals surface area contributed by atoms with Crippen LogP contribution in [0.4, 0.5) is 0 Å². The molecule has 17 heavy (non-hydrogen) atoms. The van der Waals surface area contributed by atoms with Gasteiger partial charge in [0.25, 0.3) is 10.1 Å². The second kappa shape index (κ2) is 7.39. The highest BCUT2D eigenvalue weighted by Crippen LogP contribution is 2.22. The molecule has 0 amide bonds. The predicted octanol–water partition coefficient (Wildman–Crippen LogP) is -1.16. The van der Waals surface area contributed by atoms with Crippen LogP contribution >= 0.6 is 0 Å². The van der Waals surface area contributed by atoms with Crippen molar-refractivity contribution in [3.05, 3.63) is 0 Å². The molecule has 9 heteroatoms. The highest BCUT2D eigenvalue weighted by molar-refractivity contribution is 7.86. The number of hydrogen-bond acceptors (Lipinski definition) is 6. The molecule has 0 aromatic rings. The molecule has 0 aromatic carbocycles. The van der Waals surface area contributed by atoms with E-state index in [9.17, 15) is 17.7 Å². The molecule has 0 aromatic heterocycles. The van der Waals surface area contributed by atoms with Crippen LogP contribution in [-0.4, -0.2) is 55.0 Å². The van der Waals surface area contributed by atoms with Crippen molar-refractivity contribution in [1.82, 2.24) is 0 Å². The van der Waals surface area contributed by atoms with E-state index in [-0.39, 0.29) is 18.7 Å². The van der Waals surface area contributed by atoms with Gasteiger partial charge in [0.15, 0.2) is 11.1 Å². The molecule has 0 spiro atoms. The van der Waals surface area contributed by atoms with Crippen molar-refractivity contribution in [3.63, 3.8) is 0 Å². The van der Waals surface area contributed by atoms with Gasteiger partial charge in [0.2, 0.25) is 0 Å². The minimum absolute atomic E-state index is 0. The third kappa shape index (κ3) is 9.62. The topological polar surface area (TPSA) is 121 Å². The molecular weight excluding hydrogens is 272 g/mol. The molecular formula is C8H20O7S2. The zero-order chi connectivity index (χ0) is 13.0. The number of hydrogen-bond donors (Lipinski definition) is 1. The lowest BCUT2D eigenvalue weighted by Gasteiger charge is -2.28. The van der Waals surface area contributed by atoms with E-state index in [1.54, 1.807) is 13.8 Å². The van der Waals surface area contributed by atoms with E-state index < -0.39 is 32.7 Å². The lowest BCUT2D eigenvalue weighted by molar-refractivity contribution is -0.00888. The fourth-order valence-corrected chi connectivity index (χ4v) is 1.58. The quantitative estimate of drug-likeness (QED) is 0.590. The summed E-state index contributed by atoms with van der Waals surface area (Å²) in [6.45, 7) is 2.96. The van der Waals surface area contributed by atoms with Crippen molar-refractivity contribution in [2.24, 2.45) is 5.41 Å². The maximum atomic E-state index is 10.8. The Balaban J connectivity index is 0. The van der Waals surface area contributed by atoms with Crippen molar-refractivity contribution in [1.29, 1.82) is 0 Å². The third-order valence-corrected chi connectivity index (χ3v) is 2.95. The SMILES string of the molecule is CS(=O)OC[C@@H](O)C(C)(C)COS(C)(=O)=O.O. The first-order valence-electron chi connectivity index (χ1n) is 4.54. The van der Waals surface area contributed by atoms with Crippen LogP contribution in [0.5, 0.6) is 0 Å². The lowest BCUT2D eigenvalue weighted by atomic mass is 9.88. The van der Waals surface area contributed by atoms with Crippen molar-refractivity contribution >= 4 is 21.2 Å². The monoisotopic (exact) mass is 292 g/mol. The largest absolute Gasteiger partial charge is 0.412 e. The average molecular weight is 292 g/mol. The first-order chi connectivity index (χ1) is 7.04. The summed E-state index contributed by atoms with van der Waals surface area (Å²) >= 11 is -1.46. The van der Waals surface area contributed by atoms with Crippen LogP contribution in [0.2, 0.25) is 0 Å². The van der Waals surface area contributed by atoms with Crippen LogP contribution < -0.4 is 0 Å². The summed E-state index contributed by atoms with van der Waals surface area (Å²) in [5.41, 5.74) is -0.803. The van der Waals surface area contributed by atoms with Gasteiger partial charge in [-0.3, -0.25) is 8.37 Å². The Morgan fingerprint density at radius 2 is 1.88 bits per heavy atom. The molecule has 0 saturated heterocycles. The van der Waals surface area contributed by atoms with Crippen LogP contribution in [0.15, 0.2) is 0 Å².